The van der Waals surface area contributed by atoms with Crippen LogP contribution in [0.1, 0.15) is 51.9 Å². The van der Waals surface area contributed by atoms with Gasteiger partial charge in [0.1, 0.15) is 0 Å². The fraction of sp³-hybridized carbons (Fsp3) is 1.00. The maximum absolute atomic E-state index is 5.66. The first-order valence-corrected chi connectivity index (χ1v) is 8.40. The predicted octanol–water partition coefficient (Wildman–Crippen LogP) is 3.65. The highest BCUT2D eigenvalue weighted by molar-refractivity contribution is 5.05. The van der Waals surface area contributed by atoms with E-state index in [1.165, 1.54) is 44.9 Å². The van der Waals surface area contributed by atoms with Crippen molar-refractivity contribution in [3.05, 3.63) is 0 Å². The molecule has 4 rings (SSSR count). The van der Waals surface area contributed by atoms with Gasteiger partial charge in [0.2, 0.25) is 0 Å². The van der Waals surface area contributed by atoms with Crippen LogP contribution in [0.25, 0.3) is 0 Å². The van der Waals surface area contributed by atoms with Crippen LogP contribution < -0.4 is 0 Å². The van der Waals surface area contributed by atoms with Crippen molar-refractivity contribution in [2.24, 2.45) is 28.6 Å². The van der Waals surface area contributed by atoms with E-state index >= 15 is 0 Å². The van der Waals surface area contributed by atoms with Crippen molar-refractivity contribution >= 4 is 0 Å². The van der Waals surface area contributed by atoms with Crippen molar-refractivity contribution in [1.82, 2.24) is 0 Å². The van der Waals surface area contributed by atoms with Crippen LogP contribution in [-0.2, 0) is 9.47 Å². The van der Waals surface area contributed by atoms with E-state index in [-0.39, 0.29) is 0 Å². The van der Waals surface area contributed by atoms with Crippen LogP contribution >= 0.6 is 0 Å². The van der Waals surface area contributed by atoms with Gasteiger partial charge < -0.3 is 9.47 Å². The summed E-state index contributed by atoms with van der Waals surface area (Å²) in [6.07, 6.45) is 10.1. The first-order valence-electron chi connectivity index (χ1n) is 8.40. The van der Waals surface area contributed by atoms with Crippen LogP contribution in [-0.4, -0.2) is 26.4 Å². The van der Waals surface area contributed by atoms with Crippen LogP contribution in [0.4, 0.5) is 0 Å². The fourth-order valence-electron chi connectivity index (χ4n) is 5.52. The molecule has 2 heterocycles. The van der Waals surface area contributed by atoms with Gasteiger partial charge in [0.15, 0.2) is 0 Å². The molecule has 3 atom stereocenters. The van der Waals surface area contributed by atoms with E-state index in [9.17, 15) is 0 Å². The van der Waals surface area contributed by atoms with E-state index in [2.05, 4.69) is 6.92 Å². The van der Waals surface area contributed by atoms with Crippen molar-refractivity contribution in [3.8, 4) is 0 Å². The van der Waals surface area contributed by atoms with Gasteiger partial charge in [-0.2, -0.15) is 0 Å². The van der Waals surface area contributed by atoms with Crippen molar-refractivity contribution < 1.29 is 9.47 Å². The van der Waals surface area contributed by atoms with Crippen LogP contribution in [0.2, 0.25) is 0 Å². The Morgan fingerprint density at radius 3 is 2.11 bits per heavy atom. The van der Waals surface area contributed by atoms with Gasteiger partial charge >= 0.3 is 0 Å². The molecule has 3 unspecified atom stereocenters. The summed E-state index contributed by atoms with van der Waals surface area (Å²) in [5.74, 6) is 2.78. The second-order valence-electron chi connectivity index (χ2n) is 8.05. The maximum atomic E-state index is 5.66. The van der Waals surface area contributed by atoms with Gasteiger partial charge in [-0.05, 0) is 49.9 Å². The van der Waals surface area contributed by atoms with Crippen LogP contribution in [0.3, 0.4) is 0 Å². The molecule has 2 saturated carbocycles. The van der Waals surface area contributed by atoms with Gasteiger partial charge in [0.25, 0.3) is 0 Å². The molecule has 0 N–H and O–H groups in total. The molecule has 0 aromatic carbocycles. The monoisotopic (exact) mass is 264 g/mol. The van der Waals surface area contributed by atoms with E-state index < -0.39 is 0 Å². The molecule has 2 nitrogen and oxygen atoms in total. The van der Waals surface area contributed by atoms with Crippen molar-refractivity contribution in [2.45, 2.75) is 51.9 Å². The molecule has 0 bridgehead atoms. The molecule has 0 amide bonds. The molecule has 0 aromatic rings. The van der Waals surface area contributed by atoms with Crippen molar-refractivity contribution in [1.29, 1.82) is 0 Å². The zero-order valence-corrected chi connectivity index (χ0v) is 12.3. The summed E-state index contributed by atoms with van der Waals surface area (Å²) in [5.41, 5.74) is 1.14. The summed E-state index contributed by atoms with van der Waals surface area (Å²) in [6, 6.07) is 0. The van der Waals surface area contributed by atoms with Gasteiger partial charge in [-0.1, -0.05) is 19.8 Å². The molecule has 2 aliphatic heterocycles. The maximum Gasteiger partial charge on any atom is 0.0547 e. The number of hydrogen-bond acceptors (Lipinski definition) is 2. The third kappa shape index (κ3) is 1.82. The van der Waals surface area contributed by atoms with Crippen LogP contribution in [0, 0.1) is 28.6 Å². The second kappa shape index (κ2) is 4.46. The van der Waals surface area contributed by atoms with E-state index in [0.717, 1.165) is 44.2 Å². The average Bonchev–Trinajstić information content (AvgIpc) is 2.35. The van der Waals surface area contributed by atoms with Crippen molar-refractivity contribution in [2.75, 3.05) is 26.4 Å². The molecule has 2 aliphatic carbocycles. The lowest BCUT2D eigenvalue weighted by Gasteiger charge is -2.61. The number of ether oxygens (including phenoxy) is 2. The highest BCUT2D eigenvalue weighted by Gasteiger charge is 2.57. The third-order valence-corrected chi connectivity index (χ3v) is 6.85. The van der Waals surface area contributed by atoms with Gasteiger partial charge in [0, 0.05) is 10.8 Å². The third-order valence-electron chi connectivity index (χ3n) is 6.85. The average molecular weight is 264 g/mol. The minimum atomic E-state index is 0.567. The largest absolute Gasteiger partial charge is 0.380 e. The summed E-state index contributed by atoms with van der Waals surface area (Å²) in [7, 11) is 0. The lowest BCUT2D eigenvalue weighted by Crippen LogP contribution is -2.60. The predicted molar refractivity (Wildman–Crippen MR) is 75.0 cm³/mol. The van der Waals surface area contributed by atoms with E-state index in [1.807, 2.05) is 0 Å². The first kappa shape index (κ1) is 12.6. The minimum absolute atomic E-state index is 0.567. The summed E-state index contributed by atoms with van der Waals surface area (Å²) in [6.45, 7) is 6.68. The smallest absolute Gasteiger partial charge is 0.0547 e. The van der Waals surface area contributed by atoms with Gasteiger partial charge in [-0.25, -0.2) is 0 Å². The zero-order chi connectivity index (χ0) is 12.9. The molecule has 2 heteroatoms. The Hall–Kier alpha value is -0.0800. The van der Waals surface area contributed by atoms with Crippen molar-refractivity contribution in [3.63, 3.8) is 0 Å². The molecule has 4 aliphatic rings. The quantitative estimate of drug-likeness (QED) is 0.720. The summed E-state index contributed by atoms with van der Waals surface area (Å²) in [4.78, 5) is 0. The normalized spacial score (nSPS) is 43.7. The molecular formula is C17H28O2. The second-order valence-corrected chi connectivity index (χ2v) is 8.05. The van der Waals surface area contributed by atoms with Crippen LogP contribution in [0.5, 0.6) is 0 Å². The Labute approximate surface area is 117 Å². The van der Waals surface area contributed by atoms with Gasteiger partial charge in [0.05, 0.1) is 26.4 Å². The lowest BCUT2D eigenvalue weighted by molar-refractivity contribution is -0.233. The minimum Gasteiger partial charge on any atom is -0.380 e. The molecule has 2 saturated heterocycles. The Kier molecular flexibility index (Phi) is 2.97. The van der Waals surface area contributed by atoms with Gasteiger partial charge in [-0.15, -0.1) is 0 Å². The molecule has 0 radical (unpaired) electrons. The molecule has 4 fully saturated rings. The van der Waals surface area contributed by atoms with Gasteiger partial charge in [-0.3, -0.25) is 0 Å². The Morgan fingerprint density at radius 1 is 0.789 bits per heavy atom. The Balaban J connectivity index is 1.60. The first-order chi connectivity index (χ1) is 9.24. The summed E-state index contributed by atoms with van der Waals surface area (Å²) < 4.78 is 11.3. The van der Waals surface area contributed by atoms with E-state index in [1.54, 1.807) is 0 Å². The Bertz CT molecular complexity index is 343. The molecule has 0 aromatic heterocycles. The van der Waals surface area contributed by atoms with E-state index in [0.29, 0.717) is 10.8 Å². The van der Waals surface area contributed by atoms with Crippen LogP contribution in [0.15, 0.2) is 0 Å². The molecule has 108 valence electrons. The molecular weight excluding hydrogens is 236 g/mol. The summed E-state index contributed by atoms with van der Waals surface area (Å²) in [5, 5.41) is 0. The zero-order valence-electron chi connectivity index (χ0n) is 12.3. The molecule has 19 heavy (non-hydrogen) atoms. The standard InChI is InChI=1S/C17H28O2/c1-13-5-7-17(11-19-12-17)15(8-13)14-4-2-3-6-16(14)9-18-10-16/h13-15H,2-12H2,1H3. The topological polar surface area (TPSA) is 18.5 Å². The highest BCUT2D eigenvalue weighted by atomic mass is 16.5. The number of rotatable bonds is 1. The Morgan fingerprint density at radius 2 is 1.47 bits per heavy atom. The highest BCUT2D eigenvalue weighted by Crippen LogP contribution is 2.59. The number of hydrogen-bond donors (Lipinski definition) is 0. The van der Waals surface area contributed by atoms with E-state index in [4.69, 9.17) is 9.47 Å². The molecule has 2 spiro atoms. The lowest BCUT2D eigenvalue weighted by atomic mass is 9.50. The summed E-state index contributed by atoms with van der Waals surface area (Å²) >= 11 is 0. The SMILES string of the molecule is CC1CCC2(COC2)C(C2CCCCC23COC3)C1. The fourth-order valence-corrected chi connectivity index (χ4v) is 5.52.